The quantitative estimate of drug-likeness (QED) is 0.610. The molecule has 7 heteroatoms. The van der Waals surface area contributed by atoms with Gasteiger partial charge in [-0.25, -0.2) is 4.68 Å². The lowest BCUT2D eigenvalue weighted by molar-refractivity contribution is -0.384. The van der Waals surface area contributed by atoms with Crippen LogP contribution < -0.4 is 5.32 Å². The molecule has 102 valence electrons. The van der Waals surface area contributed by atoms with E-state index in [0.29, 0.717) is 18.1 Å². The molecular weight excluding hydrogens is 252 g/mol. The van der Waals surface area contributed by atoms with Crippen LogP contribution in [0.4, 0.5) is 11.5 Å². The largest absolute Gasteiger partial charge is 0.361 e. The van der Waals surface area contributed by atoms with E-state index in [1.807, 2.05) is 13.2 Å². The first-order valence-electron chi connectivity index (χ1n) is 6.02. The third kappa shape index (κ3) is 3.16. The lowest BCUT2D eigenvalue weighted by Crippen LogP contribution is -2.23. The van der Waals surface area contributed by atoms with Gasteiger partial charge >= 0.3 is 5.69 Å². The predicted octanol–water partition coefficient (Wildman–Crippen LogP) is 2.67. The van der Waals surface area contributed by atoms with Gasteiger partial charge in [0.25, 0.3) is 0 Å². The highest BCUT2D eigenvalue weighted by Crippen LogP contribution is 2.29. The molecule has 0 aliphatic heterocycles. The molecule has 0 saturated carbocycles. The van der Waals surface area contributed by atoms with Crippen molar-refractivity contribution in [3.63, 3.8) is 0 Å². The number of aromatic nitrogens is 2. The number of thioether (sulfide) groups is 1. The van der Waals surface area contributed by atoms with E-state index in [-0.39, 0.29) is 16.7 Å². The second-order valence-corrected chi connectivity index (χ2v) is 4.97. The topological polar surface area (TPSA) is 73.0 Å². The molecule has 1 unspecified atom stereocenters. The molecule has 0 aliphatic rings. The molecule has 0 amide bonds. The van der Waals surface area contributed by atoms with E-state index in [1.54, 1.807) is 23.4 Å². The Morgan fingerprint density at radius 2 is 2.22 bits per heavy atom. The van der Waals surface area contributed by atoms with Gasteiger partial charge in [0.05, 0.1) is 4.92 Å². The van der Waals surface area contributed by atoms with Gasteiger partial charge in [-0.3, -0.25) is 10.1 Å². The second kappa shape index (κ2) is 6.63. The first kappa shape index (κ1) is 14.8. The predicted molar refractivity (Wildman–Crippen MR) is 75.4 cm³/mol. The third-order valence-electron chi connectivity index (χ3n) is 2.78. The Kier molecular flexibility index (Phi) is 5.46. The summed E-state index contributed by atoms with van der Waals surface area (Å²) < 4.78 is 1.66. The van der Waals surface area contributed by atoms with Crippen LogP contribution in [0.2, 0.25) is 0 Å². The number of hydrogen-bond donors (Lipinski definition) is 1. The number of anilines is 1. The van der Waals surface area contributed by atoms with Crippen LogP contribution in [-0.4, -0.2) is 32.8 Å². The fraction of sp³-hybridized carbons (Fsp3) is 0.727. The molecule has 0 fully saturated rings. The molecule has 1 aromatic rings. The van der Waals surface area contributed by atoms with E-state index in [2.05, 4.69) is 17.3 Å². The van der Waals surface area contributed by atoms with E-state index in [9.17, 15) is 10.1 Å². The number of rotatable bonds is 7. The van der Waals surface area contributed by atoms with Gasteiger partial charge in [-0.05, 0) is 26.5 Å². The van der Waals surface area contributed by atoms with Crippen LogP contribution in [0.15, 0.2) is 0 Å². The molecule has 0 saturated heterocycles. The smallest absolute Gasteiger partial charge is 0.333 e. The molecule has 1 aromatic heterocycles. The Hall–Kier alpha value is -1.24. The number of nitrogens with zero attached hydrogens (tertiary/aromatic N) is 3. The summed E-state index contributed by atoms with van der Waals surface area (Å²) >= 11 is 1.73. The average Bonchev–Trinajstić information content (AvgIpc) is 2.64. The average molecular weight is 272 g/mol. The SMILES string of the molecule is CCC(CSC)Nc1c([N+](=O)[O-])c(C)nn1CC. The highest BCUT2D eigenvalue weighted by atomic mass is 32.2. The molecular formula is C11H20N4O2S. The highest BCUT2D eigenvalue weighted by molar-refractivity contribution is 7.98. The van der Waals surface area contributed by atoms with E-state index in [0.717, 1.165) is 12.2 Å². The first-order valence-corrected chi connectivity index (χ1v) is 7.41. The lowest BCUT2D eigenvalue weighted by Gasteiger charge is -2.17. The molecule has 0 radical (unpaired) electrons. The fourth-order valence-electron chi connectivity index (χ4n) is 1.82. The Labute approximate surface area is 111 Å². The van der Waals surface area contributed by atoms with Crippen LogP contribution in [0.3, 0.4) is 0 Å². The van der Waals surface area contributed by atoms with E-state index in [4.69, 9.17) is 0 Å². The number of nitrogens with one attached hydrogen (secondary N) is 1. The summed E-state index contributed by atoms with van der Waals surface area (Å²) in [6, 6.07) is 0.222. The van der Waals surface area contributed by atoms with E-state index in [1.165, 1.54) is 0 Å². The number of hydrogen-bond acceptors (Lipinski definition) is 5. The summed E-state index contributed by atoms with van der Waals surface area (Å²) in [6.45, 7) is 6.29. The molecule has 0 spiro atoms. The van der Waals surface area contributed by atoms with Gasteiger partial charge in [-0.1, -0.05) is 6.92 Å². The Morgan fingerprint density at radius 3 is 2.67 bits per heavy atom. The lowest BCUT2D eigenvalue weighted by atomic mass is 10.2. The van der Waals surface area contributed by atoms with Gasteiger partial charge in [-0.15, -0.1) is 0 Å². The van der Waals surface area contributed by atoms with Crippen molar-refractivity contribution in [2.75, 3.05) is 17.3 Å². The van der Waals surface area contributed by atoms with Gasteiger partial charge in [0.15, 0.2) is 0 Å². The normalized spacial score (nSPS) is 12.4. The van der Waals surface area contributed by atoms with Gasteiger partial charge in [0, 0.05) is 18.3 Å². The minimum absolute atomic E-state index is 0.0939. The van der Waals surface area contributed by atoms with Crippen molar-refractivity contribution in [1.29, 1.82) is 0 Å². The van der Waals surface area contributed by atoms with Gasteiger partial charge < -0.3 is 5.32 Å². The molecule has 1 N–H and O–H groups in total. The van der Waals surface area contributed by atoms with Crippen LogP contribution in [-0.2, 0) is 6.54 Å². The van der Waals surface area contributed by atoms with Crippen molar-refractivity contribution in [2.24, 2.45) is 0 Å². The van der Waals surface area contributed by atoms with E-state index < -0.39 is 0 Å². The zero-order valence-electron chi connectivity index (χ0n) is 11.3. The Morgan fingerprint density at radius 1 is 1.56 bits per heavy atom. The molecule has 1 atom stereocenters. The van der Waals surface area contributed by atoms with Gasteiger partial charge in [0.1, 0.15) is 5.69 Å². The fourth-order valence-corrected chi connectivity index (χ4v) is 2.54. The standard InChI is InChI=1S/C11H20N4O2S/c1-5-9(7-18-4)12-11-10(15(16)17)8(3)13-14(11)6-2/h9,12H,5-7H2,1-4H3. The van der Waals surface area contributed by atoms with E-state index >= 15 is 0 Å². The highest BCUT2D eigenvalue weighted by Gasteiger charge is 2.26. The maximum Gasteiger partial charge on any atom is 0.333 e. The summed E-state index contributed by atoms with van der Waals surface area (Å²) in [7, 11) is 0. The minimum atomic E-state index is -0.358. The van der Waals surface area contributed by atoms with Gasteiger partial charge in [-0.2, -0.15) is 16.9 Å². The van der Waals surface area contributed by atoms with Crippen molar-refractivity contribution in [3.05, 3.63) is 15.8 Å². The van der Waals surface area contributed by atoms with Crippen LogP contribution in [0.5, 0.6) is 0 Å². The summed E-state index contributed by atoms with van der Waals surface area (Å²) in [5.74, 6) is 1.45. The molecule has 0 aromatic carbocycles. The maximum absolute atomic E-state index is 11.1. The van der Waals surface area contributed by atoms with Crippen molar-refractivity contribution in [2.45, 2.75) is 39.8 Å². The van der Waals surface area contributed by atoms with Crippen LogP contribution in [0.25, 0.3) is 0 Å². The maximum atomic E-state index is 11.1. The van der Waals surface area contributed by atoms with Crippen molar-refractivity contribution in [3.8, 4) is 0 Å². The second-order valence-electron chi connectivity index (χ2n) is 4.06. The Balaban J connectivity index is 3.08. The first-order chi connectivity index (χ1) is 8.54. The number of nitro groups is 1. The third-order valence-corrected chi connectivity index (χ3v) is 3.52. The molecule has 0 aliphatic carbocycles. The summed E-state index contributed by atoms with van der Waals surface area (Å²) in [5, 5.41) is 18.6. The van der Waals surface area contributed by atoms with Crippen LogP contribution in [0, 0.1) is 17.0 Å². The van der Waals surface area contributed by atoms with Crippen LogP contribution in [0.1, 0.15) is 26.0 Å². The van der Waals surface area contributed by atoms with Crippen molar-refractivity contribution in [1.82, 2.24) is 9.78 Å². The molecule has 0 bridgehead atoms. The molecule has 1 heterocycles. The minimum Gasteiger partial charge on any atom is -0.361 e. The zero-order valence-corrected chi connectivity index (χ0v) is 12.1. The molecule has 18 heavy (non-hydrogen) atoms. The molecule has 6 nitrogen and oxygen atoms in total. The summed E-state index contributed by atoms with van der Waals surface area (Å²) in [6.07, 6.45) is 2.95. The monoisotopic (exact) mass is 272 g/mol. The number of aryl methyl sites for hydroxylation is 2. The van der Waals surface area contributed by atoms with Crippen molar-refractivity contribution >= 4 is 23.3 Å². The van der Waals surface area contributed by atoms with Crippen molar-refractivity contribution < 1.29 is 4.92 Å². The summed E-state index contributed by atoms with van der Waals surface area (Å²) in [4.78, 5) is 10.7. The Bertz CT molecular complexity index is 419. The van der Waals surface area contributed by atoms with Crippen LogP contribution >= 0.6 is 11.8 Å². The zero-order chi connectivity index (χ0) is 13.7. The van der Waals surface area contributed by atoms with Gasteiger partial charge in [0.2, 0.25) is 5.82 Å². The molecule has 1 rings (SSSR count). The summed E-state index contributed by atoms with van der Waals surface area (Å²) in [5.41, 5.74) is 0.555.